The molecule has 1 heterocycles. The van der Waals surface area contributed by atoms with E-state index >= 15 is 0 Å². The zero-order valence-corrected chi connectivity index (χ0v) is 7.26. The first kappa shape index (κ1) is 8.72. The molecule has 3 atom stereocenters. The molecule has 1 fully saturated rings. The third-order valence-corrected chi connectivity index (χ3v) is 2.72. The minimum Gasteiger partial charge on any atom is -0.396 e. The van der Waals surface area contributed by atoms with Crippen LogP contribution >= 0.6 is 0 Å². The van der Waals surface area contributed by atoms with Gasteiger partial charge in [0.15, 0.2) is 0 Å². The van der Waals surface area contributed by atoms with E-state index in [9.17, 15) is 9.90 Å². The number of hydrogen-bond acceptors (Lipinski definition) is 3. The van der Waals surface area contributed by atoms with Gasteiger partial charge in [0, 0.05) is 13.2 Å². The molecular weight excluding hydrogens is 170 g/mol. The van der Waals surface area contributed by atoms with Crippen LogP contribution in [-0.4, -0.2) is 46.3 Å². The Morgan fingerprint density at radius 1 is 1.46 bits per heavy atom. The van der Waals surface area contributed by atoms with E-state index in [0.717, 1.165) is 0 Å². The first-order valence-electron chi connectivity index (χ1n) is 4.53. The fourth-order valence-electron chi connectivity index (χ4n) is 2.04. The number of hydrogen-bond donors (Lipinski definition) is 2. The minimum atomic E-state index is -0.513. The Morgan fingerprint density at radius 2 is 2.23 bits per heavy atom. The number of carbonyl (C=O) groups excluding carboxylic acids is 1. The molecule has 2 rings (SSSR count). The number of aliphatic hydroxyl groups is 2. The van der Waals surface area contributed by atoms with Gasteiger partial charge in [-0.1, -0.05) is 12.2 Å². The second kappa shape index (κ2) is 3.12. The van der Waals surface area contributed by atoms with Crippen LogP contribution in [0.5, 0.6) is 0 Å². The highest BCUT2D eigenvalue weighted by Crippen LogP contribution is 2.35. The number of rotatable bonds is 3. The van der Waals surface area contributed by atoms with E-state index < -0.39 is 6.10 Å². The number of amides is 1. The number of carbonyl (C=O) groups is 1. The summed E-state index contributed by atoms with van der Waals surface area (Å²) in [4.78, 5) is 13.0. The molecular formula is C9H13NO3. The predicted molar refractivity (Wildman–Crippen MR) is 45.8 cm³/mol. The molecule has 72 valence electrons. The maximum Gasteiger partial charge on any atom is 0.232 e. The number of β-lactam (4-membered cyclic amide) rings is 1. The molecule has 0 bridgehead atoms. The Labute approximate surface area is 76.5 Å². The maximum atomic E-state index is 11.4. The van der Waals surface area contributed by atoms with Crippen LogP contribution in [0.2, 0.25) is 0 Å². The molecule has 0 aromatic heterocycles. The van der Waals surface area contributed by atoms with Crippen molar-refractivity contribution in [1.29, 1.82) is 0 Å². The lowest BCUT2D eigenvalue weighted by Gasteiger charge is -2.44. The Hall–Kier alpha value is -0.870. The summed E-state index contributed by atoms with van der Waals surface area (Å²) >= 11 is 0. The van der Waals surface area contributed by atoms with Crippen molar-refractivity contribution in [1.82, 2.24) is 4.90 Å². The number of fused-ring (bicyclic) bond motifs is 1. The number of nitrogens with zero attached hydrogens (tertiary/aromatic N) is 1. The van der Waals surface area contributed by atoms with Crippen molar-refractivity contribution in [3.63, 3.8) is 0 Å². The van der Waals surface area contributed by atoms with Gasteiger partial charge in [0.05, 0.1) is 18.1 Å². The second-order valence-corrected chi connectivity index (χ2v) is 3.50. The molecule has 2 N–H and O–H groups in total. The zero-order chi connectivity index (χ0) is 9.42. The first-order valence-corrected chi connectivity index (χ1v) is 4.53. The Morgan fingerprint density at radius 3 is 2.92 bits per heavy atom. The Kier molecular flexibility index (Phi) is 2.09. The van der Waals surface area contributed by atoms with E-state index in [1.54, 1.807) is 17.1 Å². The lowest BCUT2D eigenvalue weighted by Crippen LogP contribution is -2.62. The van der Waals surface area contributed by atoms with Crippen LogP contribution in [0.3, 0.4) is 0 Å². The van der Waals surface area contributed by atoms with Gasteiger partial charge in [-0.15, -0.1) is 0 Å². The van der Waals surface area contributed by atoms with E-state index in [-0.39, 0.29) is 24.5 Å². The van der Waals surface area contributed by atoms with Crippen molar-refractivity contribution in [2.75, 3.05) is 13.2 Å². The zero-order valence-electron chi connectivity index (χ0n) is 7.26. The van der Waals surface area contributed by atoms with Crippen molar-refractivity contribution < 1.29 is 15.0 Å². The van der Waals surface area contributed by atoms with Gasteiger partial charge in [-0.2, -0.15) is 0 Å². The van der Waals surface area contributed by atoms with Crippen molar-refractivity contribution in [3.8, 4) is 0 Å². The summed E-state index contributed by atoms with van der Waals surface area (Å²) < 4.78 is 0. The molecule has 13 heavy (non-hydrogen) atoms. The van der Waals surface area contributed by atoms with Crippen LogP contribution in [0.25, 0.3) is 0 Å². The molecule has 4 heteroatoms. The van der Waals surface area contributed by atoms with E-state index in [4.69, 9.17) is 5.11 Å². The average Bonchev–Trinajstić information content (AvgIpc) is 2.44. The van der Waals surface area contributed by atoms with Crippen molar-refractivity contribution in [2.45, 2.75) is 18.6 Å². The normalized spacial score (nSPS) is 36.3. The maximum absolute atomic E-state index is 11.4. The number of aliphatic hydroxyl groups excluding tert-OH is 2. The summed E-state index contributed by atoms with van der Waals surface area (Å²) in [6.07, 6.45) is 3.52. The van der Waals surface area contributed by atoms with Crippen molar-refractivity contribution in [3.05, 3.63) is 12.2 Å². The smallest absolute Gasteiger partial charge is 0.232 e. The first-order chi connectivity index (χ1) is 6.25. The molecule has 0 spiro atoms. The van der Waals surface area contributed by atoms with E-state index in [0.29, 0.717) is 13.0 Å². The SMILES string of the molecule is O=C1[C@@H]2C=C[C@@H](O)[C@@H]2N1CCCO. The van der Waals surface area contributed by atoms with Gasteiger partial charge < -0.3 is 15.1 Å². The topological polar surface area (TPSA) is 60.8 Å². The Balaban J connectivity index is 1.96. The summed E-state index contributed by atoms with van der Waals surface area (Å²) in [5, 5.41) is 18.1. The van der Waals surface area contributed by atoms with Gasteiger partial charge in [0.1, 0.15) is 0 Å². The van der Waals surface area contributed by atoms with Crippen molar-refractivity contribution >= 4 is 5.91 Å². The van der Waals surface area contributed by atoms with Crippen molar-refractivity contribution in [2.24, 2.45) is 5.92 Å². The van der Waals surface area contributed by atoms with E-state index in [1.807, 2.05) is 0 Å². The van der Waals surface area contributed by atoms with E-state index in [1.165, 1.54) is 0 Å². The summed E-state index contributed by atoms with van der Waals surface area (Å²) in [6, 6.07) is -0.0564. The summed E-state index contributed by atoms with van der Waals surface area (Å²) in [6.45, 7) is 0.639. The van der Waals surface area contributed by atoms with Gasteiger partial charge in [0.2, 0.25) is 5.91 Å². The molecule has 0 saturated carbocycles. The monoisotopic (exact) mass is 183 g/mol. The van der Waals surface area contributed by atoms with Gasteiger partial charge in [-0.25, -0.2) is 0 Å². The standard InChI is InChI=1S/C9H13NO3/c11-5-1-4-10-8-6(9(10)13)2-3-7(8)12/h2-3,6-8,11-12H,1,4-5H2/t6-,7-,8-/m1/s1. The van der Waals surface area contributed by atoms with Crippen LogP contribution < -0.4 is 0 Å². The highest BCUT2D eigenvalue weighted by molar-refractivity contribution is 5.89. The highest BCUT2D eigenvalue weighted by atomic mass is 16.3. The highest BCUT2D eigenvalue weighted by Gasteiger charge is 2.51. The Bertz CT molecular complexity index is 251. The molecule has 1 saturated heterocycles. The lowest BCUT2D eigenvalue weighted by molar-refractivity contribution is -0.156. The van der Waals surface area contributed by atoms with Gasteiger partial charge in [-0.05, 0) is 6.42 Å². The van der Waals surface area contributed by atoms with Crippen LogP contribution in [0.15, 0.2) is 12.2 Å². The van der Waals surface area contributed by atoms with E-state index in [2.05, 4.69) is 0 Å². The summed E-state index contributed by atoms with van der Waals surface area (Å²) in [5.41, 5.74) is 0. The summed E-state index contributed by atoms with van der Waals surface area (Å²) in [5.74, 6) is -0.0278. The average molecular weight is 183 g/mol. The lowest BCUT2D eigenvalue weighted by atomic mass is 9.89. The van der Waals surface area contributed by atoms with Crippen LogP contribution in [-0.2, 0) is 4.79 Å². The molecule has 4 nitrogen and oxygen atoms in total. The fourth-order valence-corrected chi connectivity index (χ4v) is 2.04. The molecule has 1 aliphatic heterocycles. The largest absolute Gasteiger partial charge is 0.396 e. The van der Waals surface area contributed by atoms with Gasteiger partial charge >= 0.3 is 0 Å². The predicted octanol–water partition coefficient (Wildman–Crippen LogP) is -0.874. The number of likely N-dealkylation sites (tertiary alicyclic amines) is 1. The van der Waals surface area contributed by atoms with Crippen LogP contribution in [0, 0.1) is 5.92 Å². The molecule has 0 aromatic carbocycles. The minimum absolute atomic E-state index is 0.0564. The van der Waals surface area contributed by atoms with Gasteiger partial charge in [0.25, 0.3) is 0 Å². The molecule has 2 aliphatic rings. The van der Waals surface area contributed by atoms with Crippen LogP contribution in [0.1, 0.15) is 6.42 Å². The molecule has 1 aliphatic carbocycles. The molecule has 0 aromatic rings. The molecule has 0 radical (unpaired) electrons. The second-order valence-electron chi connectivity index (χ2n) is 3.50. The third-order valence-electron chi connectivity index (χ3n) is 2.72. The fraction of sp³-hybridized carbons (Fsp3) is 0.667. The quantitative estimate of drug-likeness (QED) is 0.441. The summed E-state index contributed by atoms with van der Waals surface area (Å²) in [7, 11) is 0. The van der Waals surface area contributed by atoms with Gasteiger partial charge in [-0.3, -0.25) is 4.79 Å². The third kappa shape index (κ3) is 1.17. The van der Waals surface area contributed by atoms with Crippen LogP contribution in [0.4, 0.5) is 0 Å². The molecule has 1 amide bonds. The molecule has 0 unspecified atom stereocenters.